The van der Waals surface area contributed by atoms with E-state index in [-0.39, 0.29) is 30.6 Å². The second-order valence-corrected chi connectivity index (χ2v) is 6.37. The number of nitrogens with zero attached hydrogens (tertiary/aromatic N) is 2. The Morgan fingerprint density at radius 2 is 2.11 bits per heavy atom. The van der Waals surface area contributed by atoms with Crippen molar-refractivity contribution in [1.29, 1.82) is 0 Å². The minimum atomic E-state index is -1.09. The lowest BCUT2D eigenvalue weighted by molar-refractivity contribution is -0.152. The molecule has 0 unspecified atom stereocenters. The Morgan fingerprint density at radius 3 is 2.89 bits per heavy atom. The first-order valence-corrected chi connectivity index (χ1v) is 8.96. The van der Waals surface area contributed by atoms with Gasteiger partial charge in [0.25, 0.3) is 5.91 Å². The lowest BCUT2D eigenvalue weighted by Crippen LogP contribution is -2.39. The van der Waals surface area contributed by atoms with Gasteiger partial charge >= 0.3 is 5.97 Å². The minimum absolute atomic E-state index is 0.126. The summed E-state index contributed by atoms with van der Waals surface area (Å²) in [4.78, 5) is 42.1. The van der Waals surface area contributed by atoms with E-state index in [1.165, 1.54) is 18.0 Å². The van der Waals surface area contributed by atoms with Gasteiger partial charge in [-0.15, -0.1) is 0 Å². The molecular weight excluding hydrogens is 386 g/mol. The highest BCUT2D eigenvalue weighted by Gasteiger charge is 2.27. The molecule has 1 atom stereocenters. The van der Waals surface area contributed by atoms with Gasteiger partial charge in [-0.25, -0.2) is 4.98 Å². The molecule has 8 nitrogen and oxygen atoms in total. The van der Waals surface area contributed by atoms with Crippen LogP contribution in [0.15, 0.2) is 42.6 Å². The zero-order valence-corrected chi connectivity index (χ0v) is 15.8. The number of pyridine rings is 1. The number of esters is 1. The average Bonchev–Trinajstić information content (AvgIpc) is 2.82. The molecule has 2 aromatic rings. The van der Waals surface area contributed by atoms with Crippen LogP contribution < -0.4 is 15.0 Å². The number of nitrogens with one attached hydrogen (secondary N) is 1. The Hall–Kier alpha value is -3.13. The fourth-order valence-corrected chi connectivity index (χ4v) is 2.79. The number of ether oxygens (including phenoxy) is 2. The van der Waals surface area contributed by atoms with Crippen LogP contribution in [0.3, 0.4) is 0 Å². The first-order chi connectivity index (χ1) is 13.5. The zero-order chi connectivity index (χ0) is 20.1. The number of aromatic nitrogens is 1. The SMILES string of the molecule is C[C@H](OC(=O)CN1C(=O)CCOc2ccccc21)C(=O)Nc1cccnc1Cl. The number of halogens is 1. The molecule has 1 aliphatic rings. The van der Waals surface area contributed by atoms with E-state index in [0.29, 0.717) is 17.1 Å². The topological polar surface area (TPSA) is 97.8 Å². The maximum Gasteiger partial charge on any atom is 0.326 e. The van der Waals surface area contributed by atoms with Crippen LogP contribution in [0, 0.1) is 0 Å². The minimum Gasteiger partial charge on any atom is -0.491 e. The van der Waals surface area contributed by atoms with Crippen molar-refractivity contribution in [2.24, 2.45) is 0 Å². The molecule has 0 saturated carbocycles. The van der Waals surface area contributed by atoms with E-state index < -0.39 is 18.0 Å². The number of anilines is 2. The molecular formula is C19H18ClN3O5. The molecule has 0 aliphatic carbocycles. The molecule has 146 valence electrons. The lowest BCUT2D eigenvalue weighted by atomic mass is 10.2. The number of carbonyl (C=O) groups is 3. The smallest absolute Gasteiger partial charge is 0.326 e. The lowest BCUT2D eigenvalue weighted by Gasteiger charge is -2.22. The first-order valence-electron chi connectivity index (χ1n) is 8.59. The summed E-state index contributed by atoms with van der Waals surface area (Å²) in [5.74, 6) is -1.03. The van der Waals surface area contributed by atoms with Gasteiger partial charge in [0.1, 0.15) is 12.3 Å². The summed E-state index contributed by atoms with van der Waals surface area (Å²) in [6.07, 6.45) is 0.538. The van der Waals surface area contributed by atoms with Crippen molar-refractivity contribution in [1.82, 2.24) is 4.98 Å². The zero-order valence-electron chi connectivity index (χ0n) is 15.1. The molecule has 1 aliphatic heterocycles. The van der Waals surface area contributed by atoms with Gasteiger partial charge in [-0.1, -0.05) is 23.7 Å². The molecule has 1 aromatic heterocycles. The van der Waals surface area contributed by atoms with E-state index in [2.05, 4.69) is 10.3 Å². The number of hydrogen-bond donors (Lipinski definition) is 1. The van der Waals surface area contributed by atoms with Crippen molar-refractivity contribution in [2.75, 3.05) is 23.4 Å². The van der Waals surface area contributed by atoms with Gasteiger partial charge in [-0.2, -0.15) is 0 Å². The third-order valence-corrected chi connectivity index (χ3v) is 4.31. The summed E-state index contributed by atoms with van der Waals surface area (Å²) in [7, 11) is 0. The van der Waals surface area contributed by atoms with E-state index in [9.17, 15) is 14.4 Å². The van der Waals surface area contributed by atoms with Gasteiger partial charge < -0.3 is 14.8 Å². The number of fused-ring (bicyclic) bond motifs is 1. The number of rotatable bonds is 5. The van der Waals surface area contributed by atoms with Gasteiger partial charge in [-0.3, -0.25) is 19.3 Å². The normalized spacial score (nSPS) is 14.4. The Balaban J connectivity index is 1.64. The van der Waals surface area contributed by atoms with Gasteiger partial charge in [0, 0.05) is 6.20 Å². The van der Waals surface area contributed by atoms with Crippen LogP contribution in [0.4, 0.5) is 11.4 Å². The van der Waals surface area contributed by atoms with E-state index in [1.807, 2.05) is 0 Å². The predicted molar refractivity (Wildman–Crippen MR) is 102 cm³/mol. The Morgan fingerprint density at radius 1 is 1.32 bits per heavy atom. The van der Waals surface area contributed by atoms with Gasteiger partial charge in [0.05, 0.1) is 24.4 Å². The number of para-hydroxylation sites is 2. The van der Waals surface area contributed by atoms with Gasteiger partial charge in [-0.05, 0) is 31.2 Å². The monoisotopic (exact) mass is 403 g/mol. The van der Waals surface area contributed by atoms with E-state index in [4.69, 9.17) is 21.1 Å². The standard InChI is InChI=1S/C19H18ClN3O5/c1-12(19(26)22-13-5-4-9-21-18(13)20)28-17(25)11-23-14-6-2-3-7-15(14)27-10-8-16(23)24/h2-7,9,12H,8,10-11H2,1H3,(H,22,26)/t12-/m0/s1. The van der Waals surface area contributed by atoms with Crippen molar-refractivity contribution in [3.05, 3.63) is 47.7 Å². The third kappa shape index (κ3) is 4.58. The fraction of sp³-hybridized carbons (Fsp3) is 0.263. The summed E-state index contributed by atoms with van der Waals surface area (Å²) < 4.78 is 10.7. The molecule has 0 radical (unpaired) electrons. The van der Waals surface area contributed by atoms with Crippen LogP contribution in [0.2, 0.25) is 5.15 Å². The van der Waals surface area contributed by atoms with Gasteiger partial charge in [0.2, 0.25) is 5.91 Å². The summed E-state index contributed by atoms with van der Waals surface area (Å²) >= 11 is 5.90. The summed E-state index contributed by atoms with van der Waals surface area (Å²) in [5.41, 5.74) is 0.798. The Labute approximate surface area is 166 Å². The van der Waals surface area contributed by atoms with Crippen LogP contribution >= 0.6 is 11.6 Å². The highest BCUT2D eigenvalue weighted by atomic mass is 35.5. The third-order valence-electron chi connectivity index (χ3n) is 4.01. The summed E-state index contributed by atoms with van der Waals surface area (Å²) in [5, 5.41) is 2.67. The molecule has 0 bridgehead atoms. The molecule has 28 heavy (non-hydrogen) atoms. The van der Waals surface area contributed by atoms with E-state index >= 15 is 0 Å². The highest BCUT2D eigenvalue weighted by Crippen LogP contribution is 2.30. The summed E-state index contributed by atoms with van der Waals surface area (Å²) in [6.45, 7) is 1.33. The number of hydrogen-bond acceptors (Lipinski definition) is 6. The van der Waals surface area contributed by atoms with Crippen molar-refractivity contribution < 1.29 is 23.9 Å². The molecule has 0 fully saturated rings. The molecule has 9 heteroatoms. The average molecular weight is 404 g/mol. The fourth-order valence-electron chi connectivity index (χ4n) is 2.62. The number of amides is 2. The van der Waals surface area contributed by atoms with Crippen molar-refractivity contribution in [3.63, 3.8) is 0 Å². The quantitative estimate of drug-likeness (QED) is 0.608. The molecule has 0 saturated heterocycles. The van der Waals surface area contributed by atoms with Crippen LogP contribution in [-0.2, 0) is 19.1 Å². The highest BCUT2D eigenvalue weighted by molar-refractivity contribution is 6.32. The van der Waals surface area contributed by atoms with Crippen LogP contribution in [0.1, 0.15) is 13.3 Å². The molecule has 1 N–H and O–H groups in total. The number of benzene rings is 1. The van der Waals surface area contributed by atoms with Crippen LogP contribution in [0.5, 0.6) is 5.75 Å². The summed E-state index contributed by atoms with van der Waals surface area (Å²) in [6, 6.07) is 10.1. The second kappa shape index (κ2) is 8.71. The molecule has 3 rings (SSSR count). The van der Waals surface area contributed by atoms with E-state index in [0.717, 1.165) is 0 Å². The van der Waals surface area contributed by atoms with Crippen molar-refractivity contribution in [2.45, 2.75) is 19.4 Å². The molecule has 2 heterocycles. The number of carbonyl (C=O) groups excluding carboxylic acids is 3. The maximum absolute atomic E-state index is 12.3. The predicted octanol–water partition coefficient (Wildman–Crippen LogP) is 2.42. The van der Waals surface area contributed by atoms with Crippen molar-refractivity contribution in [3.8, 4) is 5.75 Å². The van der Waals surface area contributed by atoms with Gasteiger partial charge in [0.15, 0.2) is 11.3 Å². The Kier molecular flexibility index (Phi) is 6.10. The van der Waals surface area contributed by atoms with Crippen LogP contribution in [0.25, 0.3) is 0 Å². The van der Waals surface area contributed by atoms with E-state index in [1.54, 1.807) is 36.4 Å². The second-order valence-electron chi connectivity index (χ2n) is 6.01. The van der Waals surface area contributed by atoms with Crippen molar-refractivity contribution >= 4 is 40.8 Å². The maximum atomic E-state index is 12.3. The molecule has 2 amide bonds. The largest absolute Gasteiger partial charge is 0.491 e. The molecule has 0 spiro atoms. The first kappa shape index (κ1) is 19.6. The Bertz CT molecular complexity index is 905. The van der Waals surface area contributed by atoms with Crippen LogP contribution in [-0.4, -0.2) is 42.0 Å². The molecule has 1 aromatic carbocycles.